The van der Waals surface area contributed by atoms with E-state index in [0.717, 1.165) is 16.7 Å². The third-order valence-corrected chi connectivity index (χ3v) is 2.39. The molecule has 0 saturated carbocycles. The van der Waals surface area contributed by atoms with E-state index in [-0.39, 0.29) is 5.69 Å². The highest BCUT2D eigenvalue weighted by Gasteiger charge is 2.29. The largest absolute Gasteiger partial charge is 0.389 e. The zero-order chi connectivity index (χ0) is 14.6. The van der Waals surface area contributed by atoms with Crippen LogP contribution in [0.15, 0.2) is 12.1 Å². The van der Waals surface area contributed by atoms with E-state index in [1.54, 1.807) is 0 Å². The van der Waals surface area contributed by atoms with Crippen LogP contribution in [0.3, 0.4) is 0 Å². The molecule has 0 atom stereocenters. The molecule has 19 heavy (non-hydrogen) atoms. The van der Waals surface area contributed by atoms with Gasteiger partial charge in [-0.3, -0.25) is 4.79 Å². The molecule has 0 aliphatic carbocycles. The van der Waals surface area contributed by atoms with Crippen LogP contribution in [-0.2, 0) is 18.0 Å². The molecule has 0 bridgehead atoms. The number of carbonyl (C=O) groups excluding carboxylic acids is 1. The van der Waals surface area contributed by atoms with Crippen molar-refractivity contribution in [2.45, 2.75) is 32.2 Å². The molecule has 0 unspecified atom stereocenters. The predicted molar refractivity (Wildman–Crippen MR) is 56.2 cm³/mol. The van der Waals surface area contributed by atoms with Gasteiger partial charge in [0, 0.05) is 12.5 Å². The monoisotopic (exact) mass is 281 g/mol. The first-order valence-corrected chi connectivity index (χ1v) is 5.22. The van der Waals surface area contributed by atoms with Crippen LogP contribution >= 0.6 is 0 Å². The van der Waals surface area contributed by atoms with Gasteiger partial charge >= 0.3 is 12.0 Å². The molecule has 0 amide bonds. The Balaban J connectivity index is 2.78. The van der Waals surface area contributed by atoms with Crippen LogP contribution < -0.4 is 0 Å². The molecule has 5 nitrogen and oxygen atoms in total. The summed E-state index contributed by atoms with van der Waals surface area (Å²) in [6.07, 6.45) is -6.56. The van der Waals surface area contributed by atoms with Crippen LogP contribution in [0.25, 0.3) is 0 Å². The standard InChI is InChI=1S/C10H10F4N2O3/c11-5-7-1-2-9(16(18)19)15(7)6-8(17)3-4-10(12,13)14/h1-2H,3-6H2/i11-1. The molecular weight excluding hydrogens is 271 g/mol. The van der Waals surface area contributed by atoms with E-state index in [0.29, 0.717) is 0 Å². The molecule has 0 aliphatic rings. The molecule has 1 aromatic rings. The smallest absolute Gasteiger partial charge is 0.358 e. The fraction of sp³-hybridized carbons (Fsp3) is 0.500. The first-order valence-electron chi connectivity index (χ1n) is 5.22. The molecule has 1 rings (SSSR count). The Morgan fingerprint density at radius 3 is 2.47 bits per heavy atom. The fourth-order valence-corrected chi connectivity index (χ4v) is 1.49. The summed E-state index contributed by atoms with van der Waals surface area (Å²) in [6.45, 7) is -1.68. The second kappa shape index (κ2) is 5.81. The van der Waals surface area contributed by atoms with E-state index in [4.69, 9.17) is 0 Å². The molecular formula is C10H10F4N2O3. The van der Waals surface area contributed by atoms with Crippen molar-refractivity contribution in [2.24, 2.45) is 0 Å². The normalized spacial score (nSPS) is 11.6. The van der Waals surface area contributed by atoms with Crippen LogP contribution in [0, 0.1) is 10.1 Å². The second-order valence-electron chi connectivity index (χ2n) is 3.81. The Hall–Kier alpha value is -1.93. The molecule has 0 saturated heterocycles. The van der Waals surface area contributed by atoms with Gasteiger partial charge in [0.25, 0.3) is 0 Å². The van der Waals surface area contributed by atoms with E-state index in [1.165, 1.54) is 0 Å². The van der Waals surface area contributed by atoms with Crippen molar-refractivity contribution in [3.8, 4) is 0 Å². The number of rotatable bonds is 6. The number of aromatic nitrogens is 1. The Morgan fingerprint density at radius 1 is 1.37 bits per heavy atom. The summed E-state index contributed by atoms with van der Waals surface area (Å²) in [5.74, 6) is -1.36. The van der Waals surface area contributed by atoms with Crippen LogP contribution in [-0.4, -0.2) is 21.4 Å². The molecule has 9 heteroatoms. The third kappa shape index (κ3) is 4.34. The van der Waals surface area contributed by atoms with Gasteiger partial charge < -0.3 is 10.1 Å². The van der Waals surface area contributed by atoms with Gasteiger partial charge in [-0.25, -0.2) is 8.96 Å². The summed E-state index contributed by atoms with van der Waals surface area (Å²) in [6, 6.07) is 2.13. The number of carbonyl (C=O) groups is 1. The number of nitrogens with zero attached hydrogens (tertiary/aromatic N) is 2. The van der Waals surface area contributed by atoms with Gasteiger partial charge in [-0.15, -0.1) is 0 Å². The van der Waals surface area contributed by atoms with E-state index in [1.807, 2.05) is 0 Å². The summed E-state index contributed by atoms with van der Waals surface area (Å²) >= 11 is 0. The average Bonchev–Trinajstić information content (AvgIpc) is 2.68. The first-order chi connectivity index (χ1) is 8.74. The van der Waals surface area contributed by atoms with Crippen LogP contribution in [0.5, 0.6) is 0 Å². The Bertz CT molecular complexity index is 482. The van der Waals surface area contributed by atoms with Crippen molar-refractivity contribution < 1.29 is 27.3 Å². The van der Waals surface area contributed by atoms with Gasteiger partial charge in [-0.05, 0) is 11.0 Å². The Kier molecular flexibility index (Phi) is 4.62. The van der Waals surface area contributed by atoms with Gasteiger partial charge in [-0.2, -0.15) is 13.2 Å². The Morgan fingerprint density at radius 2 is 2.00 bits per heavy atom. The molecule has 0 radical (unpaired) electrons. The van der Waals surface area contributed by atoms with Crippen molar-refractivity contribution in [3.63, 3.8) is 0 Å². The lowest BCUT2D eigenvalue weighted by atomic mass is 10.2. The molecule has 0 spiro atoms. The maximum atomic E-state index is 12.6. The number of nitro groups is 1. The lowest BCUT2D eigenvalue weighted by Gasteiger charge is -2.06. The van der Waals surface area contributed by atoms with Crippen molar-refractivity contribution in [1.82, 2.24) is 4.57 Å². The van der Waals surface area contributed by atoms with Crippen LogP contribution in [0.2, 0.25) is 0 Å². The molecule has 1 aromatic heterocycles. The number of ketones is 1. The lowest BCUT2D eigenvalue weighted by molar-refractivity contribution is -0.392. The predicted octanol–water partition coefficient (Wildman–Crippen LogP) is 2.78. The van der Waals surface area contributed by atoms with Crippen molar-refractivity contribution in [3.05, 3.63) is 27.9 Å². The molecule has 0 N–H and O–H groups in total. The molecule has 106 valence electrons. The topological polar surface area (TPSA) is 65.1 Å². The SMILES string of the molecule is O=C(CCC(F)(F)F)Cn1c(C[18F])ccc1[N+](=O)[O-]. The Labute approximate surface area is 105 Å². The summed E-state index contributed by atoms with van der Waals surface area (Å²) < 4.78 is 49.1. The first kappa shape index (κ1) is 15.1. The highest BCUT2D eigenvalue weighted by molar-refractivity contribution is 5.78. The van der Waals surface area contributed by atoms with E-state index < -0.39 is 48.8 Å². The van der Waals surface area contributed by atoms with Crippen molar-refractivity contribution in [1.29, 1.82) is 0 Å². The number of hydrogen-bond acceptors (Lipinski definition) is 3. The summed E-state index contributed by atoms with van der Waals surface area (Å²) in [7, 11) is 0. The minimum Gasteiger partial charge on any atom is -0.358 e. The van der Waals surface area contributed by atoms with Gasteiger partial charge in [0.05, 0.1) is 6.42 Å². The fourth-order valence-electron chi connectivity index (χ4n) is 1.49. The summed E-state index contributed by atoms with van der Waals surface area (Å²) in [4.78, 5) is 21.1. The van der Waals surface area contributed by atoms with Gasteiger partial charge in [0.15, 0.2) is 12.5 Å². The molecule has 1 heterocycles. The van der Waals surface area contributed by atoms with E-state index in [9.17, 15) is 32.5 Å². The molecule has 0 fully saturated rings. The summed E-state index contributed by atoms with van der Waals surface area (Å²) in [5.41, 5.74) is -0.118. The van der Waals surface area contributed by atoms with Gasteiger partial charge in [-0.1, -0.05) is 0 Å². The van der Waals surface area contributed by atoms with E-state index in [2.05, 4.69) is 0 Å². The number of hydrogen-bond donors (Lipinski definition) is 0. The molecule has 0 aromatic carbocycles. The zero-order valence-electron chi connectivity index (χ0n) is 9.61. The minimum absolute atomic E-state index is 0.118. The zero-order valence-corrected chi connectivity index (χ0v) is 9.61. The third-order valence-electron chi connectivity index (χ3n) is 2.39. The van der Waals surface area contributed by atoms with E-state index >= 15 is 0 Å². The lowest BCUT2D eigenvalue weighted by Crippen LogP contribution is -2.17. The minimum atomic E-state index is -4.47. The maximum absolute atomic E-state index is 12.6. The number of Topliss-reactive ketones (excluding diaryl/α,β-unsaturated/α-hetero) is 1. The van der Waals surface area contributed by atoms with Crippen LogP contribution in [0.1, 0.15) is 18.5 Å². The van der Waals surface area contributed by atoms with Gasteiger partial charge in [0.1, 0.15) is 12.2 Å². The van der Waals surface area contributed by atoms with Crippen molar-refractivity contribution in [2.75, 3.05) is 0 Å². The van der Waals surface area contributed by atoms with Crippen molar-refractivity contribution >= 4 is 11.6 Å². The quantitative estimate of drug-likeness (QED) is 0.457. The average molecular weight is 281 g/mol. The highest BCUT2D eigenvalue weighted by Crippen LogP contribution is 2.23. The van der Waals surface area contributed by atoms with Crippen LogP contribution in [0.4, 0.5) is 23.4 Å². The highest BCUT2D eigenvalue weighted by atomic mass is 19.4. The number of halogens is 4. The second-order valence-corrected chi connectivity index (χ2v) is 3.81. The summed E-state index contributed by atoms with van der Waals surface area (Å²) in [5, 5.41) is 10.6. The number of alkyl halides is 4. The maximum Gasteiger partial charge on any atom is 0.389 e. The molecule has 0 aliphatic heterocycles. The van der Waals surface area contributed by atoms with Gasteiger partial charge in [0.2, 0.25) is 0 Å².